The van der Waals surface area contributed by atoms with Crippen molar-refractivity contribution < 1.29 is 23.9 Å². The van der Waals surface area contributed by atoms with Crippen LogP contribution in [0.5, 0.6) is 11.5 Å². The highest BCUT2D eigenvalue weighted by Gasteiger charge is 2.16. The SMILES string of the molecule is CCOc1cc(-c2cc(C(=O)O)on2)cc(Br)c1OC. The number of aromatic nitrogens is 1. The number of rotatable bonds is 5. The Balaban J connectivity index is 2.48. The van der Waals surface area contributed by atoms with E-state index in [1.165, 1.54) is 6.07 Å². The summed E-state index contributed by atoms with van der Waals surface area (Å²) in [4.78, 5) is 10.8. The summed E-state index contributed by atoms with van der Waals surface area (Å²) >= 11 is 3.38. The summed E-state index contributed by atoms with van der Waals surface area (Å²) in [5.74, 6) is -0.275. The van der Waals surface area contributed by atoms with Gasteiger partial charge in [-0.05, 0) is 35.0 Å². The number of carboxylic acids is 1. The highest BCUT2D eigenvalue weighted by atomic mass is 79.9. The van der Waals surface area contributed by atoms with Gasteiger partial charge in [0.1, 0.15) is 5.69 Å². The van der Waals surface area contributed by atoms with E-state index in [0.29, 0.717) is 33.8 Å². The van der Waals surface area contributed by atoms with Gasteiger partial charge in [0, 0.05) is 11.6 Å². The van der Waals surface area contributed by atoms with Crippen molar-refractivity contribution >= 4 is 21.9 Å². The zero-order valence-electron chi connectivity index (χ0n) is 10.8. The molecule has 0 fully saturated rings. The predicted octanol–water partition coefficient (Wildman–Crippen LogP) is 3.21. The third kappa shape index (κ3) is 2.77. The van der Waals surface area contributed by atoms with Gasteiger partial charge >= 0.3 is 5.97 Å². The molecule has 1 N–H and O–H groups in total. The first-order valence-electron chi connectivity index (χ1n) is 5.77. The number of carbonyl (C=O) groups is 1. The van der Waals surface area contributed by atoms with E-state index >= 15 is 0 Å². The molecule has 0 aliphatic carbocycles. The third-order valence-electron chi connectivity index (χ3n) is 2.53. The maximum atomic E-state index is 10.8. The lowest BCUT2D eigenvalue weighted by Crippen LogP contribution is -1.96. The van der Waals surface area contributed by atoms with Crippen LogP contribution < -0.4 is 9.47 Å². The monoisotopic (exact) mass is 341 g/mol. The quantitative estimate of drug-likeness (QED) is 0.899. The molecule has 0 saturated carbocycles. The summed E-state index contributed by atoms with van der Waals surface area (Å²) in [6.45, 7) is 2.34. The van der Waals surface area contributed by atoms with Crippen molar-refractivity contribution in [1.29, 1.82) is 0 Å². The molecule has 0 amide bonds. The van der Waals surface area contributed by atoms with Crippen molar-refractivity contribution in [2.45, 2.75) is 6.92 Å². The van der Waals surface area contributed by atoms with Crippen molar-refractivity contribution in [3.63, 3.8) is 0 Å². The molecule has 0 radical (unpaired) electrons. The van der Waals surface area contributed by atoms with Crippen molar-refractivity contribution in [2.24, 2.45) is 0 Å². The molecule has 2 aromatic rings. The smallest absolute Gasteiger partial charge is 0.374 e. The number of methoxy groups -OCH3 is 1. The molecule has 0 saturated heterocycles. The van der Waals surface area contributed by atoms with Gasteiger partial charge in [0.05, 0.1) is 18.2 Å². The minimum Gasteiger partial charge on any atom is -0.492 e. The Morgan fingerprint density at radius 2 is 2.20 bits per heavy atom. The van der Waals surface area contributed by atoms with Gasteiger partial charge < -0.3 is 19.1 Å². The molecular weight excluding hydrogens is 330 g/mol. The van der Waals surface area contributed by atoms with Crippen molar-refractivity contribution in [2.75, 3.05) is 13.7 Å². The van der Waals surface area contributed by atoms with Crippen LogP contribution in [0, 0.1) is 0 Å². The Labute approximate surface area is 123 Å². The first-order chi connectivity index (χ1) is 9.56. The molecule has 20 heavy (non-hydrogen) atoms. The lowest BCUT2D eigenvalue weighted by atomic mass is 10.1. The van der Waals surface area contributed by atoms with Gasteiger partial charge in [-0.1, -0.05) is 5.16 Å². The summed E-state index contributed by atoms with van der Waals surface area (Å²) in [7, 11) is 1.54. The van der Waals surface area contributed by atoms with Crippen LogP contribution >= 0.6 is 15.9 Å². The second-order valence-corrected chi connectivity index (χ2v) is 4.66. The van der Waals surface area contributed by atoms with Crippen molar-refractivity contribution in [1.82, 2.24) is 5.16 Å². The van der Waals surface area contributed by atoms with Crippen LogP contribution in [0.15, 0.2) is 27.2 Å². The van der Waals surface area contributed by atoms with E-state index in [4.69, 9.17) is 19.1 Å². The second-order valence-electron chi connectivity index (χ2n) is 3.80. The molecule has 1 aromatic carbocycles. The Morgan fingerprint density at radius 3 is 2.75 bits per heavy atom. The van der Waals surface area contributed by atoms with Gasteiger partial charge in [-0.3, -0.25) is 0 Å². The first-order valence-corrected chi connectivity index (χ1v) is 6.56. The Hall–Kier alpha value is -2.02. The van der Waals surface area contributed by atoms with E-state index in [-0.39, 0.29) is 5.76 Å². The van der Waals surface area contributed by atoms with E-state index < -0.39 is 5.97 Å². The third-order valence-corrected chi connectivity index (χ3v) is 3.12. The van der Waals surface area contributed by atoms with Crippen LogP contribution in [0.4, 0.5) is 0 Å². The number of carboxylic acid groups (broad SMARTS) is 1. The van der Waals surface area contributed by atoms with Crippen LogP contribution in [0.2, 0.25) is 0 Å². The number of hydrogen-bond acceptors (Lipinski definition) is 5. The second kappa shape index (κ2) is 5.96. The number of hydrogen-bond donors (Lipinski definition) is 1. The fraction of sp³-hybridized carbons (Fsp3) is 0.231. The average molecular weight is 342 g/mol. The minimum absolute atomic E-state index is 0.218. The highest BCUT2D eigenvalue weighted by molar-refractivity contribution is 9.10. The van der Waals surface area contributed by atoms with Crippen LogP contribution in [-0.4, -0.2) is 29.9 Å². The van der Waals surface area contributed by atoms with Gasteiger partial charge in [-0.2, -0.15) is 0 Å². The maximum Gasteiger partial charge on any atom is 0.374 e. The topological polar surface area (TPSA) is 81.8 Å². The highest BCUT2D eigenvalue weighted by Crippen LogP contribution is 2.39. The van der Waals surface area contributed by atoms with E-state index in [1.807, 2.05) is 6.92 Å². The lowest BCUT2D eigenvalue weighted by Gasteiger charge is -2.12. The van der Waals surface area contributed by atoms with Gasteiger partial charge in [0.25, 0.3) is 0 Å². The van der Waals surface area contributed by atoms with Crippen molar-refractivity contribution in [3.05, 3.63) is 28.4 Å². The Bertz CT molecular complexity index is 638. The van der Waals surface area contributed by atoms with Gasteiger partial charge in [-0.25, -0.2) is 4.79 Å². The molecule has 1 aromatic heterocycles. The number of halogens is 1. The molecule has 106 valence electrons. The predicted molar refractivity (Wildman–Crippen MR) is 74.3 cm³/mol. The van der Waals surface area contributed by atoms with E-state index in [0.717, 1.165) is 0 Å². The van der Waals surface area contributed by atoms with Crippen molar-refractivity contribution in [3.8, 4) is 22.8 Å². The standard InChI is InChI=1S/C13H12BrNO5/c1-3-19-10-5-7(4-8(14)12(10)18-2)9-6-11(13(16)17)20-15-9/h4-6H,3H2,1-2H3,(H,16,17). The van der Waals surface area contributed by atoms with Gasteiger partial charge in [0.2, 0.25) is 5.76 Å². The van der Waals surface area contributed by atoms with E-state index in [1.54, 1.807) is 19.2 Å². The van der Waals surface area contributed by atoms with Gasteiger partial charge in [-0.15, -0.1) is 0 Å². The number of nitrogens with zero attached hydrogens (tertiary/aromatic N) is 1. The summed E-state index contributed by atoms with van der Waals surface area (Å²) in [5.41, 5.74) is 1.07. The van der Waals surface area contributed by atoms with Gasteiger partial charge in [0.15, 0.2) is 11.5 Å². The summed E-state index contributed by atoms with van der Waals surface area (Å²) in [5, 5.41) is 12.6. The maximum absolute atomic E-state index is 10.8. The first kappa shape index (κ1) is 14.4. The van der Waals surface area contributed by atoms with Crippen LogP contribution in [0.1, 0.15) is 17.5 Å². The van der Waals surface area contributed by atoms with Crippen LogP contribution in [-0.2, 0) is 0 Å². The molecule has 1 heterocycles. The molecule has 6 nitrogen and oxygen atoms in total. The summed E-state index contributed by atoms with van der Waals surface area (Å²) in [6.07, 6.45) is 0. The normalized spacial score (nSPS) is 10.3. The fourth-order valence-electron chi connectivity index (χ4n) is 1.69. The molecule has 0 unspecified atom stereocenters. The molecule has 7 heteroatoms. The molecule has 0 aliphatic heterocycles. The van der Waals surface area contributed by atoms with E-state index in [9.17, 15) is 4.79 Å². The largest absolute Gasteiger partial charge is 0.492 e. The number of benzene rings is 1. The molecule has 0 aliphatic rings. The lowest BCUT2D eigenvalue weighted by molar-refractivity contribution is 0.0652. The fourth-order valence-corrected chi connectivity index (χ4v) is 2.29. The number of ether oxygens (including phenoxy) is 2. The molecular formula is C13H12BrNO5. The van der Waals surface area contributed by atoms with Crippen LogP contribution in [0.3, 0.4) is 0 Å². The molecule has 2 rings (SSSR count). The van der Waals surface area contributed by atoms with Crippen LogP contribution in [0.25, 0.3) is 11.3 Å². The minimum atomic E-state index is -1.17. The molecule has 0 bridgehead atoms. The zero-order valence-corrected chi connectivity index (χ0v) is 12.4. The molecule has 0 atom stereocenters. The molecule has 0 spiro atoms. The zero-order chi connectivity index (χ0) is 14.7. The number of aromatic carboxylic acids is 1. The Morgan fingerprint density at radius 1 is 1.45 bits per heavy atom. The Kier molecular flexibility index (Phi) is 4.29. The van der Waals surface area contributed by atoms with E-state index in [2.05, 4.69) is 21.1 Å². The summed E-state index contributed by atoms with van der Waals surface area (Å²) in [6, 6.07) is 4.83. The average Bonchev–Trinajstić information content (AvgIpc) is 2.88. The summed E-state index contributed by atoms with van der Waals surface area (Å²) < 4.78 is 16.2.